The van der Waals surface area contributed by atoms with Crippen molar-refractivity contribution < 1.29 is 14.3 Å². The fourth-order valence-corrected chi connectivity index (χ4v) is 2.78. The second-order valence-electron chi connectivity index (χ2n) is 5.69. The van der Waals surface area contributed by atoms with E-state index in [1.807, 2.05) is 39.8 Å². The summed E-state index contributed by atoms with van der Waals surface area (Å²) in [5.74, 6) is 1.16. The Kier molecular flexibility index (Phi) is 5.85. The Morgan fingerprint density at radius 2 is 1.67 bits per heavy atom. The highest BCUT2D eigenvalue weighted by Crippen LogP contribution is 2.29. The first kappa shape index (κ1) is 17.9. The van der Waals surface area contributed by atoms with Gasteiger partial charge in [0.15, 0.2) is 11.5 Å². The van der Waals surface area contributed by atoms with Gasteiger partial charge >= 0.3 is 0 Å². The van der Waals surface area contributed by atoms with E-state index >= 15 is 0 Å². The monoisotopic (exact) mass is 327 g/mol. The van der Waals surface area contributed by atoms with Crippen molar-refractivity contribution >= 4 is 11.6 Å². The second-order valence-corrected chi connectivity index (χ2v) is 5.69. The summed E-state index contributed by atoms with van der Waals surface area (Å²) in [5.41, 5.74) is 3.77. The molecular weight excluding hydrogens is 302 g/mol. The average molecular weight is 327 g/mol. The van der Waals surface area contributed by atoms with Gasteiger partial charge in [-0.2, -0.15) is 0 Å². The standard InChI is InChI=1S/C20H25NO3/c1-6-21(17-11-14(3)10-15(4)12-17)20(22)16-8-9-18(24-7-2)19(13-16)23-5/h8-13H,6-7H2,1-5H3. The average Bonchev–Trinajstić information content (AvgIpc) is 2.55. The van der Waals surface area contributed by atoms with Crippen molar-refractivity contribution in [2.75, 3.05) is 25.2 Å². The fraction of sp³-hybridized carbons (Fsp3) is 0.350. The zero-order valence-electron chi connectivity index (χ0n) is 15.1. The van der Waals surface area contributed by atoms with Crippen molar-refractivity contribution in [3.8, 4) is 11.5 Å². The van der Waals surface area contributed by atoms with E-state index in [4.69, 9.17) is 9.47 Å². The normalized spacial score (nSPS) is 10.4. The molecule has 2 aromatic carbocycles. The van der Waals surface area contributed by atoms with Crippen LogP contribution in [0.4, 0.5) is 5.69 Å². The molecule has 0 fully saturated rings. The molecule has 0 aliphatic rings. The van der Waals surface area contributed by atoms with Gasteiger partial charge in [0, 0.05) is 17.8 Å². The molecule has 0 spiro atoms. The number of ether oxygens (including phenoxy) is 2. The van der Waals surface area contributed by atoms with E-state index in [1.54, 1.807) is 30.2 Å². The van der Waals surface area contributed by atoms with E-state index in [0.29, 0.717) is 30.2 Å². The van der Waals surface area contributed by atoms with Gasteiger partial charge in [-0.15, -0.1) is 0 Å². The van der Waals surface area contributed by atoms with Gasteiger partial charge in [0.25, 0.3) is 5.91 Å². The molecule has 2 rings (SSSR count). The third kappa shape index (κ3) is 3.88. The van der Waals surface area contributed by atoms with Crippen LogP contribution < -0.4 is 14.4 Å². The minimum absolute atomic E-state index is 0.0520. The van der Waals surface area contributed by atoms with Crippen molar-refractivity contribution in [2.24, 2.45) is 0 Å². The fourth-order valence-electron chi connectivity index (χ4n) is 2.78. The molecule has 0 unspecified atom stereocenters. The van der Waals surface area contributed by atoms with Gasteiger partial charge in [0.05, 0.1) is 13.7 Å². The van der Waals surface area contributed by atoms with Crippen molar-refractivity contribution in [1.29, 1.82) is 0 Å². The maximum Gasteiger partial charge on any atom is 0.258 e. The Labute approximate surface area is 144 Å². The zero-order chi connectivity index (χ0) is 17.7. The third-order valence-corrected chi connectivity index (χ3v) is 3.79. The number of carbonyl (C=O) groups excluding carboxylic acids is 1. The Bertz CT molecular complexity index is 705. The molecule has 0 saturated carbocycles. The molecule has 2 aromatic rings. The Hall–Kier alpha value is -2.49. The van der Waals surface area contributed by atoms with Crippen molar-refractivity contribution in [2.45, 2.75) is 27.7 Å². The van der Waals surface area contributed by atoms with E-state index in [0.717, 1.165) is 16.8 Å². The zero-order valence-corrected chi connectivity index (χ0v) is 15.1. The van der Waals surface area contributed by atoms with Crippen molar-refractivity contribution in [3.05, 3.63) is 53.1 Å². The van der Waals surface area contributed by atoms with Crippen LogP contribution in [-0.2, 0) is 0 Å². The number of aryl methyl sites for hydroxylation is 2. The molecule has 0 N–H and O–H groups in total. The lowest BCUT2D eigenvalue weighted by molar-refractivity contribution is 0.0988. The smallest absolute Gasteiger partial charge is 0.258 e. The molecule has 0 aromatic heterocycles. The highest BCUT2D eigenvalue weighted by molar-refractivity contribution is 6.06. The number of rotatable bonds is 6. The summed E-state index contributed by atoms with van der Waals surface area (Å²) in [6.07, 6.45) is 0. The van der Waals surface area contributed by atoms with Crippen LogP contribution in [0.5, 0.6) is 11.5 Å². The number of nitrogens with zero attached hydrogens (tertiary/aromatic N) is 1. The Morgan fingerprint density at radius 3 is 2.21 bits per heavy atom. The van der Waals surface area contributed by atoms with Crippen LogP contribution in [0.25, 0.3) is 0 Å². The number of benzene rings is 2. The van der Waals surface area contributed by atoms with Gasteiger partial charge in [-0.25, -0.2) is 0 Å². The highest BCUT2D eigenvalue weighted by Gasteiger charge is 2.18. The summed E-state index contributed by atoms with van der Waals surface area (Å²) in [6.45, 7) is 9.10. The van der Waals surface area contributed by atoms with Crippen LogP contribution in [-0.4, -0.2) is 26.2 Å². The van der Waals surface area contributed by atoms with E-state index < -0.39 is 0 Å². The molecule has 128 valence electrons. The van der Waals surface area contributed by atoms with Crippen LogP contribution in [0.15, 0.2) is 36.4 Å². The Balaban J connectivity index is 2.37. The van der Waals surface area contributed by atoms with Gasteiger partial charge < -0.3 is 14.4 Å². The van der Waals surface area contributed by atoms with E-state index in [1.165, 1.54) is 0 Å². The molecule has 0 atom stereocenters. The van der Waals surface area contributed by atoms with Gasteiger partial charge in [0.2, 0.25) is 0 Å². The maximum atomic E-state index is 13.0. The molecule has 0 bridgehead atoms. The van der Waals surface area contributed by atoms with Crippen molar-refractivity contribution in [3.63, 3.8) is 0 Å². The molecule has 0 aliphatic carbocycles. The third-order valence-electron chi connectivity index (χ3n) is 3.79. The molecule has 0 heterocycles. The summed E-state index contributed by atoms with van der Waals surface area (Å²) in [4.78, 5) is 14.7. The SMILES string of the molecule is CCOc1ccc(C(=O)N(CC)c2cc(C)cc(C)c2)cc1OC. The first-order valence-electron chi connectivity index (χ1n) is 8.21. The van der Waals surface area contributed by atoms with E-state index in [-0.39, 0.29) is 5.91 Å². The number of methoxy groups -OCH3 is 1. The first-order chi connectivity index (χ1) is 11.5. The maximum absolute atomic E-state index is 13.0. The number of anilines is 1. The largest absolute Gasteiger partial charge is 0.493 e. The highest BCUT2D eigenvalue weighted by atomic mass is 16.5. The van der Waals surface area contributed by atoms with Gasteiger partial charge in [-0.05, 0) is 69.2 Å². The number of hydrogen-bond donors (Lipinski definition) is 0. The minimum atomic E-state index is -0.0520. The van der Waals surface area contributed by atoms with Crippen molar-refractivity contribution in [1.82, 2.24) is 0 Å². The molecule has 1 amide bonds. The Morgan fingerprint density at radius 1 is 1.00 bits per heavy atom. The first-order valence-corrected chi connectivity index (χ1v) is 8.21. The lowest BCUT2D eigenvalue weighted by Crippen LogP contribution is -2.30. The summed E-state index contributed by atoms with van der Waals surface area (Å²) in [7, 11) is 1.58. The summed E-state index contributed by atoms with van der Waals surface area (Å²) in [6, 6.07) is 11.5. The summed E-state index contributed by atoms with van der Waals surface area (Å²) >= 11 is 0. The van der Waals surface area contributed by atoms with Crippen LogP contribution in [0.3, 0.4) is 0 Å². The van der Waals surface area contributed by atoms with E-state index in [2.05, 4.69) is 6.07 Å². The minimum Gasteiger partial charge on any atom is -0.493 e. The molecule has 4 heteroatoms. The molecule has 0 saturated heterocycles. The lowest BCUT2D eigenvalue weighted by Gasteiger charge is -2.22. The topological polar surface area (TPSA) is 38.8 Å². The molecule has 4 nitrogen and oxygen atoms in total. The lowest BCUT2D eigenvalue weighted by atomic mass is 10.1. The van der Waals surface area contributed by atoms with Gasteiger partial charge in [-0.1, -0.05) is 6.07 Å². The van der Waals surface area contributed by atoms with Crippen LogP contribution in [0.1, 0.15) is 35.3 Å². The molecular formula is C20H25NO3. The quantitative estimate of drug-likeness (QED) is 0.790. The van der Waals surface area contributed by atoms with Gasteiger partial charge in [0.1, 0.15) is 0 Å². The van der Waals surface area contributed by atoms with Gasteiger partial charge in [-0.3, -0.25) is 4.79 Å². The van der Waals surface area contributed by atoms with E-state index in [9.17, 15) is 4.79 Å². The number of amides is 1. The predicted octanol–water partition coefficient (Wildman–Crippen LogP) is 4.38. The summed E-state index contributed by atoms with van der Waals surface area (Å²) < 4.78 is 10.9. The number of hydrogen-bond acceptors (Lipinski definition) is 3. The van der Waals surface area contributed by atoms with Crippen LogP contribution >= 0.6 is 0 Å². The number of carbonyl (C=O) groups is 1. The molecule has 0 aliphatic heterocycles. The molecule has 0 radical (unpaired) electrons. The molecule has 24 heavy (non-hydrogen) atoms. The second kappa shape index (κ2) is 7.86. The summed E-state index contributed by atoms with van der Waals surface area (Å²) in [5, 5.41) is 0. The van der Waals surface area contributed by atoms with Crippen LogP contribution in [0.2, 0.25) is 0 Å². The predicted molar refractivity (Wildman–Crippen MR) is 97.4 cm³/mol. The van der Waals surface area contributed by atoms with Crippen LogP contribution in [0, 0.1) is 13.8 Å².